The first kappa shape index (κ1) is 23.7. The van der Waals surface area contributed by atoms with Crippen LogP contribution >= 0.6 is 0 Å². The molecule has 2 aromatic carbocycles. The molecule has 3 aromatic rings. The number of hydrogen-bond acceptors (Lipinski definition) is 5. The van der Waals surface area contributed by atoms with Crippen LogP contribution in [0.4, 0.5) is 0 Å². The molecular weight excluding hydrogens is 432 g/mol. The Morgan fingerprint density at radius 2 is 1.91 bits per heavy atom. The average Bonchev–Trinajstić information content (AvgIpc) is 3.31. The number of rotatable bonds is 8. The van der Waals surface area contributed by atoms with Gasteiger partial charge in [0, 0.05) is 42.5 Å². The molecule has 0 radical (unpaired) electrons. The number of aromatic nitrogens is 1. The van der Waals surface area contributed by atoms with Crippen molar-refractivity contribution in [3.05, 3.63) is 59.8 Å². The van der Waals surface area contributed by atoms with Crippen molar-refractivity contribution in [1.29, 1.82) is 0 Å². The van der Waals surface area contributed by atoms with Crippen molar-refractivity contribution in [3.63, 3.8) is 0 Å². The number of ether oxygens (including phenoxy) is 3. The number of H-pyrrole nitrogens is 1. The summed E-state index contributed by atoms with van der Waals surface area (Å²) in [5, 5.41) is 1.08. The third-order valence-corrected chi connectivity index (χ3v) is 6.58. The van der Waals surface area contributed by atoms with Gasteiger partial charge in [0.2, 0.25) is 5.91 Å². The number of nitrogens with one attached hydrogen (secondary N) is 1. The highest BCUT2D eigenvalue weighted by Crippen LogP contribution is 2.38. The highest BCUT2D eigenvalue weighted by atomic mass is 16.5. The SMILES string of the molecule is CCOC(=O)[C@H]1CCCN(C(=O)C[C@@H](c2ccc(OC)c(OC)c2)c2c[nH]c3ccccc23)C1. The maximum Gasteiger partial charge on any atom is 0.310 e. The second-order valence-electron chi connectivity index (χ2n) is 8.59. The van der Waals surface area contributed by atoms with Crippen molar-refractivity contribution < 1.29 is 23.8 Å². The lowest BCUT2D eigenvalue weighted by atomic mass is 9.87. The first-order chi connectivity index (χ1) is 16.5. The summed E-state index contributed by atoms with van der Waals surface area (Å²) in [6.45, 7) is 3.22. The van der Waals surface area contributed by atoms with Gasteiger partial charge in [-0.2, -0.15) is 0 Å². The molecule has 1 fully saturated rings. The molecule has 0 unspecified atom stereocenters. The standard InChI is InChI=1S/C27H32N2O5/c1-4-34-27(31)19-8-7-13-29(17-19)26(30)15-21(18-11-12-24(32-2)25(14-18)33-3)22-16-28-23-10-6-5-9-20(22)23/h5-6,9-12,14,16,19,21,28H,4,7-8,13,15,17H2,1-3H3/t19-,21-/m0/s1. The number of hydrogen-bond donors (Lipinski definition) is 1. The van der Waals surface area contributed by atoms with E-state index in [1.54, 1.807) is 21.1 Å². The van der Waals surface area contributed by atoms with Gasteiger partial charge in [0.25, 0.3) is 0 Å². The molecule has 180 valence electrons. The number of fused-ring (bicyclic) bond motifs is 1. The molecule has 0 aliphatic carbocycles. The number of carbonyl (C=O) groups is 2. The number of para-hydroxylation sites is 1. The Morgan fingerprint density at radius 1 is 1.12 bits per heavy atom. The monoisotopic (exact) mass is 464 g/mol. The van der Waals surface area contributed by atoms with E-state index in [-0.39, 0.29) is 30.1 Å². The normalized spacial score (nSPS) is 16.8. The number of piperidine rings is 1. The molecule has 7 heteroatoms. The van der Waals surface area contributed by atoms with Gasteiger partial charge >= 0.3 is 5.97 Å². The van der Waals surface area contributed by atoms with E-state index in [0.29, 0.717) is 31.2 Å². The van der Waals surface area contributed by atoms with E-state index in [0.717, 1.165) is 34.9 Å². The first-order valence-electron chi connectivity index (χ1n) is 11.8. The third kappa shape index (κ3) is 4.88. The van der Waals surface area contributed by atoms with Crippen molar-refractivity contribution >= 4 is 22.8 Å². The van der Waals surface area contributed by atoms with Crippen LogP contribution in [0.1, 0.15) is 43.2 Å². The van der Waals surface area contributed by atoms with Gasteiger partial charge in [0.1, 0.15) is 0 Å². The second kappa shape index (κ2) is 10.6. The van der Waals surface area contributed by atoms with Gasteiger partial charge in [-0.1, -0.05) is 24.3 Å². The maximum atomic E-state index is 13.5. The lowest BCUT2D eigenvalue weighted by molar-refractivity contribution is -0.151. The Bertz CT molecular complexity index is 1150. The summed E-state index contributed by atoms with van der Waals surface area (Å²) in [5.74, 6) is 0.630. The van der Waals surface area contributed by atoms with Crippen molar-refractivity contribution in [2.75, 3.05) is 33.9 Å². The molecule has 1 aliphatic rings. The number of amides is 1. The largest absolute Gasteiger partial charge is 0.493 e. The molecule has 0 saturated carbocycles. The quantitative estimate of drug-likeness (QED) is 0.496. The van der Waals surface area contributed by atoms with Crippen LogP contribution in [0.25, 0.3) is 10.9 Å². The summed E-state index contributed by atoms with van der Waals surface area (Å²) < 4.78 is 16.2. The van der Waals surface area contributed by atoms with E-state index in [9.17, 15) is 9.59 Å². The topological polar surface area (TPSA) is 80.9 Å². The van der Waals surface area contributed by atoms with E-state index in [1.165, 1.54) is 0 Å². The molecule has 1 N–H and O–H groups in total. The van der Waals surface area contributed by atoms with Crippen LogP contribution in [0.2, 0.25) is 0 Å². The average molecular weight is 465 g/mol. The maximum absolute atomic E-state index is 13.5. The fourth-order valence-electron chi connectivity index (χ4n) is 4.82. The molecule has 2 heterocycles. The van der Waals surface area contributed by atoms with Gasteiger partial charge in [0.15, 0.2) is 11.5 Å². The van der Waals surface area contributed by atoms with Crippen molar-refractivity contribution in [1.82, 2.24) is 9.88 Å². The van der Waals surface area contributed by atoms with Gasteiger partial charge in [-0.3, -0.25) is 9.59 Å². The zero-order valence-electron chi connectivity index (χ0n) is 20.0. The van der Waals surface area contributed by atoms with Crippen LogP contribution < -0.4 is 9.47 Å². The minimum absolute atomic E-state index is 0.0269. The van der Waals surface area contributed by atoms with E-state index < -0.39 is 0 Å². The molecular formula is C27H32N2O5. The second-order valence-corrected chi connectivity index (χ2v) is 8.59. The molecule has 0 spiro atoms. The van der Waals surface area contributed by atoms with Gasteiger partial charge in [-0.25, -0.2) is 0 Å². The molecule has 1 aromatic heterocycles. The first-order valence-corrected chi connectivity index (χ1v) is 11.8. The highest BCUT2D eigenvalue weighted by Gasteiger charge is 2.31. The summed E-state index contributed by atoms with van der Waals surface area (Å²) in [7, 11) is 3.21. The predicted molar refractivity (Wildman–Crippen MR) is 130 cm³/mol. The van der Waals surface area contributed by atoms with E-state index in [4.69, 9.17) is 14.2 Å². The van der Waals surface area contributed by atoms with E-state index >= 15 is 0 Å². The number of benzene rings is 2. The molecule has 1 saturated heterocycles. The summed E-state index contributed by atoms with van der Waals surface area (Å²) in [6.07, 6.45) is 3.82. The summed E-state index contributed by atoms with van der Waals surface area (Å²) in [4.78, 5) is 31.0. The molecule has 4 rings (SSSR count). The van der Waals surface area contributed by atoms with Crippen LogP contribution in [0.5, 0.6) is 11.5 Å². The Hall–Kier alpha value is -3.48. The number of likely N-dealkylation sites (tertiary alicyclic amines) is 1. The molecule has 2 atom stereocenters. The molecule has 1 amide bonds. The Kier molecular flexibility index (Phi) is 7.40. The number of aromatic amines is 1. The fourth-order valence-corrected chi connectivity index (χ4v) is 4.82. The Balaban J connectivity index is 1.65. The smallest absolute Gasteiger partial charge is 0.310 e. The minimum Gasteiger partial charge on any atom is -0.493 e. The van der Waals surface area contributed by atoms with Gasteiger partial charge in [0.05, 0.1) is 26.7 Å². The summed E-state index contributed by atoms with van der Waals surface area (Å²) >= 11 is 0. The molecule has 1 aliphatic heterocycles. The molecule has 7 nitrogen and oxygen atoms in total. The lowest BCUT2D eigenvalue weighted by Crippen LogP contribution is -2.43. The van der Waals surface area contributed by atoms with Gasteiger partial charge in [-0.15, -0.1) is 0 Å². The minimum atomic E-state index is -0.259. The van der Waals surface area contributed by atoms with Crippen molar-refractivity contribution in [3.8, 4) is 11.5 Å². The number of nitrogens with zero attached hydrogens (tertiary/aromatic N) is 1. The number of carbonyl (C=O) groups excluding carboxylic acids is 2. The van der Waals surface area contributed by atoms with Gasteiger partial charge in [-0.05, 0) is 49.1 Å². The summed E-state index contributed by atoms with van der Waals surface area (Å²) in [6, 6.07) is 13.9. The lowest BCUT2D eigenvalue weighted by Gasteiger charge is -2.32. The number of methoxy groups -OCH3 is 2. The Labute approximate surface area is 200 Å². The summed E-state index contributed by atoms with van der Waals surface area (Å²) in [5.41, 5.74) is 3.04. The van der Waals surface area contributed by atoms with E-state index in [1.807, 2.05) is 47.5 Å². The number of esters is 1. The highest BCUT2D eigenvalue weighted by molar-refractivity contribution is 5.86. The van der Waals surface area contributed by atoms with Crippen LogP contribution in [0.15, 0.2) is 48.7 Å². The Morgan fingerprint density at radius 3 is 2.68 bits per heavy atom. The van der Waals surface area contributed by atoms with Crippen LogP contribution in [-0.4, -0.2) is 55.7 Å². The van der Waals surface area contributed by atoms with Crippen LogP contribution in [-0.2, 0) is 14.3 Å². The van der Waals surface area contributed by atoms with E-state index in [2.05, 4.69) is 11.1 Å². The fraction of sp³-hybridized carbons (Fsp3) is 0.407. The van der Waals surface area contributed by atoms with Crippen molar-refractivity contribution in [2.45, 2.75) is 32.1 Å². The predicted octanol–water partition coefficient (Wildman–Crippen LogP) is 4.51. The molecule has 0 bridgehead atoms. The van der Waals surface area contributed by atoms with Crippen molar-refractivity contribution in [2.24, 2.45) is 5.92 Å². The zero-order valence-corrected chi connectivity index (χ0v) is 20.0. The van der Waals surface area contributed by atoms with Crippen LogP contribution in [0, 0.1) is 5.92 Å². The zero-order chi connectivity index (χ0) is 24.1. The molecule has 34 heavy (non-hydrogen) atoms. The third-order valence-electron chi connectivity index (χ3n) is 6.58. The van der Waals surface area contributed by atoms with Crippen LogP contribution in [0.3, 0.4) is 0 Å². The van der Waals surface area contributed by atoms with Gasteiger partial charge < -0.3 is 24.1 Å².